The average Bonchev–Trinajstić information content (AvgIpc) is 2.59. The second-order valence-corrected chi connectivity index (χ2v) is 14.6. The molecule has 1 heterocycles. The Balaban J connectivity index is 2.34. The van der Waals surface area contributed by atoms with Gasteiger partial charge in [-0.1, -0.05) is 76.9 Å². The summed E-state index contributed by atoms with van der Waals surface area (Å²) in [7, 11) is -4.78. The maximum absolute atomic E-state index is 13.4. The first-order valence-electron chi connectivity index (χ1n) is 11.1. The zero-order valence-electron chi connectivity index (χ0n) is 21.1. The number of hydrogen-bond donors (Lipinski definition) is 0. The van der Waals surface area contributed by atoms with Gasteiger partial charge in [0.1, 0.15) is 0 Å². The molecule has 2 aromatic rings. The summed E-state index contributed by atoms with van der Waals surface area (Å²) in [5.41, 5.74) is 6.26. The third-order valence-electron chi connectivity index (χ3n) is 5.74. The zero-order chi connectivity index (χ0) is 24.2. The molecule has 0 fully saturated rings. The van der Waals surface area contributed by atoms with Crippen molar-refractivity contribution in [1.82, 2.24) is 0 Å². The Hall–Kier alpha value is -1.77. The summed E-state index contributed by atoms with van der Waals surface area (Å²) in [5.74, 6) is 0. The fourth-order valence-corrected chi connectivity index (χ4v) is 9.36. The predicted octanol–water partition coefficient (Wildman–Crippen LogP) is 7.17. The van der Waals surface area contributed by atoms with Gasteiger partial charge in [0.2, 0.25) is 0 Å². The van der Waals surface area contributed by atoms with Crippen LogP contribution in [0.1, 0.15) is 63.8 Å². The Morgan fingerprint density at radius 2 is 1.25 bits per heavy atom. The van der Waals surface area contributed by atoms with E-state index in [4.69, 9.17) is 0 Å². The molecule has 5 heteroatoms. The Bertz CT molecular complexity index is 1200. The van der Waals surface area contributed by atoms with Crippen molar-refractivity contribution in [3.63, 3.8) is 0 Å². The van der Waals surface area contributed by atoms with Crippen molar-refractivity contribution in [2.75, 3.05) is 0 Å². The van der Waals surface area contributed by atoms with Crippen LogP contribution in [0, 0.1) is 38.5 Å². The van der Waals surface area contributed by atoms with E-state index < -0.39 is 17.9 Å². The van der Waals surface area contributed by atoms with Gasteiger partial charge in [-0.2, -0.15) is 12.8 Å². The number of aryl methyl sites for hydroxylation is 4. The quantitative estimate of drug-likeness (QED) is 0.447. The third kappa shape index (κ3) is 4.63. The molecule has 172 valence electrons. The summed E-state index contributed by atoms with van der Waals surface area (Å²) in [5, 5.41) is 2.61. The summed E-state index contributed by atoms with van der Waals surface area (Å²) < 4.78 is 31.3. The highest BCUT2D eigenvalue weighted by Gasteiger charge is 2.48. The summed E-state index contributed by atoms with van der Waals surface area (Å²) >= 11 is 0. The first-order chi connectivity index (χ1) is 14.5. The van der Waals surface area contributed by atoms with E-state index >= 15 is 0 Å². The van der Waals surface area contributed by atoms with Crippen LogP contribution in [0.2, 0.25) is 0 Å². The maximum atomic E-state index is 13.4. The average molecular weight is 470 g/mol. The predicted molar refractivity (Wildman–Crippen MR) is 139 cm³/mol. The minimum absolute atomic E-state index is 0.0786. The van der Waals surface area contributed by atoms with E-state index in [1.807, 2.05) is 19.1 Å². The standard InChI is InChI=1S/C27H36NO2PS/c1-17-11-13-21(14-12-17)32(29,30)28-25-22(26(5,6)7)24(27(8,9)10)31(25)23-19(3)15-18(2)16-20(23)4/h11-16H,1-10H3/b28-25+. The van der Waals surface area contributed by atoms with Gasteiger partial charge in [0.25, 0.3) is 10.0 Å². The van der Waals surface area contributed by atoms with E-state index in [2.05, 4.69) is 78.8 Å². The second kappa shape index (κ2) is 8.22. The molecule has 3 rings (SSSR count). The number of sulfonamides is 1. The van der Waals surface area contributed by atoms with Crippen molar-refractivity contribution in [3.8, 4) is 0 Å². The summed E-state index contributed by atoms with van der Waals surface area (Å²) in [4.78, 5) is 0.250. The number of hydrogen-bond acceptors (Lipinski definition) is 2. The Morgan fingerprint density at radius 1 is 0.750 bits per heavy atom. The molecular weight excluding hydrogens is 433 g/mol. The van der Waals surface area contributed by atoms with Gasteiger partial charge in [0.15, 0.2) is 0 Å². The molecule has 1 aliphatic heterocycles. The molecule has 2 aromatic carbocycles. The van der Waals surface area contributed by atoms with Gasteiger partial charge in [-0.3, -0.25) is 0 Å². The number of rotatable bonds is 3. The van der Waals surface area contributed by atoms with Gasteiger partial charge in [-0.15, -0.1) is 0 Å². The lowest BCUT2D eigenvalue weighted by Gasteiger charge is -2.48. The van der Waals surface area contributed by atoms with E-state index in [1.165, 1.54) is 27.3 Å². The van der Waals surface area contributed by atoms with Crippen molar-refractivity contribution >= 4 is 28.7 Å². The molecule has 3 nitrogen and oxygen atoms in total. The molecule has 0 spiro atoms. The molecule has 0 aliphatic carbocycles. The summed E-state index contributed by atoms with van der Waals surface area (Å²) in [6, 6.07) is 11.4. The SMILES string of the molecule is Cc1ccc(S(=O)(=O)/N=C2\C(C(C)(C)C)=C(C(C)(C)C)P2c2c(C)cc(C)cc2C)cc1. The third-order valence-corrected chi connectivity index (χ3v) is 10.4. The molecule has 0 aromatic heterocycles. The van der Waals surface area contributed by atoms with Crippen molar-refractivity contribution in [1.29, 1.82) is 0 Å². The van der Waals surface area contributed by atoms with Crippen molar-refractivity contribution < 1.29 is 8.42 Å². The van der Waals surface area contributed by atoms with E-state index in [-0.39, 0.29) is 15.7 Å². The molecule has 1 aliphatic rings. The van der Waals surface area contributed by atoms with Crippen LogP contribution in [0.3, 0.4) is 0 Å². The lowest BCUT2D eigenvalue weighted by atomic mass is 9.80. The zero-order valence-corrected chi connectivity index (χ0v) is 22.8. The normalized spacial score (nSPS) is 18.8. The monoisotopic (exact) mass is 469 g/mol. The van der Waals surface area contributed by atoms with E-state index in [0.29, 0.717) is 0 Å². The number of allylic oxidation sites excluding steroid dienone is 2. The molecule has 0 radical (unpaired) electrons. The lowest BCUT2D eigenvalue weighted by molar-refractivity contribution is 0.475. The molecule has 0 saturated carbocycles. The van der Waals surface area contributed by atoms with Crippen molar-refractivity contribution in [3.05, 3.63) is 69.5 Å². The van der Waals surface area contributed by atoms with Crippen LogP contribution >= 0.6 is 7.92 Å². The highest BCUT2D eigenvalue weighted by molar-refractivity contribution is 7.94. The minimum Gasteiger partial charge on any atom is -0.199 e. The minimum atomic E-state index is -3.80. The summed E-state index contributed by atoms with van der Waals surface area (Å²) in [6.45, 7) is 21.5. The first-order valence-corrected chi connectivity index (χ1v) is 13.9. The first kappa shape index (κ1) is 24.9. The fraction of sp³-hybridized carbons (Fsp3) is 0.444. The van der Waals surface area contributed by atoms with Crippen LogP contribution < -0.4 is 5.30 Å². The van der Waals surface area contributed by atoms with Crippen LogP contribution in [0.5, 0.6) is 0 Å². The second-order valence-electron chi connectivity index (χ2n) is 11.0. The Morgan fingerprint density at radius 3 is 1.69 bits per heavy atom. The molecular formula is C27H36NO2PS. The van der Waals surface area contributed by atoms with Crippen LogP contribution in [0.25, 0.3) is 0 Å². The van der Waals surface area contributed by atoms with Gasteiger partial charge in [-0.05, 0) is 78.0 Å². The molecule has 0 bridgehead atoms. The van der Waals surface area contributed by atoms with E-state index in [1.54, 1.807) is 12.1 Å². The van der Waals surface area contributed by atoms with Gasteiger partial charge in [0.05, 0.1) is 10.3 Å². The maximum Gasteiger partial charge on any atom is 0.282 e. The van der Waals surface area contributed by atoms with Crippen LogP contribution in [0.4, 0.5) is 0 Å². The van der Waals surface area contributed by atoms with Gasteiger partial charge in [-0.25, -0.2) is 0 Å². The Kier molecular flexibility index (Phi) is 6.39. The number of nitrogens with zero attached hydrogens (tertiary/aromatic N) is 1. The van der Waals surface area contributed by atoms with Gasteiger partial charge >= 0.3 is 0 Å². The van der Waals surface area contributed by atoms with Crippen LogP contribution in [-0.4, -0.2) is 13.9 Å². The highest BCUT2D eigenvalue weighted by Crippen LogP contribution is 2.68. The lowest BCUT2D eigenvalue weighted by Crippen LogP contribution is -2.37. The van der Waals surface area contributed by atoms with E-state index in [9.17, 15) is 8.42 Å². The molecule has 1 unspecified atom stereocenters. The van der Waals surface area contributed by atoms with Gasteiger partial charge < -0.3 is 0 Å². The molecule has 0 amide bonds. The fourth-order valence-electron chi connectivity index (χ4n) is 4.49. The van der Waals surface area contributed by atoms with Gasteiger partial charge in [0, 0.05) is 7.92 Å². The molecule has 0 saturated heterocycles. The van der Waals surface area contributed by atoms with Crippen molar-refractivity contribution in [2.24, 2.45) is 15.2 Å². The largest absolute Gasteiger partial charge is 0.282 e. The summed E-state index contributed by atoms with van der Waals surface area (Å²) in [6.07, 6.45) is 0. The smallest absolute Gasteiger partial charge is 0.199 e. The number of benzene rings is 2. The molecule has 32 heavy (non-hydrogen) atoms. The van der Waals surface area contributed by atoms with Crippen LogP contribution in [0.15, 0.2) is 56.6 Å². The van der Waals surface area contributed by atoms with Crippen molar-refractivity contribution in [2.45, 2.75) is 74.1 Å². The van der Waals surface area contributed by atoms with Crippen LogP contribution in [-0.2, 0) is 10.0 Å². The molecule has 1 atom stereocenters. The molecule has 0 N–H and O–H groups in total. The topological polar surface area (TPSA) is 46.5 Å². The Labute approximate surface area is 195 Å². The van der Waals surface area contributed by atoms with E-state index in [0.717, 1.165) is 16.6 Å². The highest BCUT2D eigenvalue weighted by atomic mass is 32.2.